The van der Waals surface area contributed by atoms with Gasteiger partial charge in [-0.25, -0.2) is 4.39 Å². The molecule has 0 atom stereocenters. The van der Waals surface area contributed by atoms with E-state index in [0.717, 1.165) is 0 Å². The highest BCUT2D eigenvalue weighted by Crippen LogP contribution is 2.22. The van der Waals surface area contributed by atoms with Crippen LogP contribution in [0.4, 0.5) is 10.1 Å². The van der Waals surface area contributed by atoms with Crippen molar-refractivity contribution in [1.29, 1.82) is 0 Å². The summed E-state index contributed by atoms with van der Waals surface area (Å²) < 4.78 is 14.1. The lowest BCUT2D eigenvalue weighted by molar-refractivity contribution is 0.102. The molecule has 0 bridgehead atoms. The van der Waals surface area contributed by atoms with Crippen molar-refractivity contribution in [3.8, 4) is 0 Å². The Morgan fingerprint density at radius 2 is 1.95 bits per heavy atom. The number of benzene rings is 2. The number of anilines is 1. The Morgan fingerprint density at radius 3 is 2.62 bits per heavy atom. The molecule has 7 heteroatoms. The second kappa shape index (κ2) is 6.36. The van der Waals surface area contributed by atoms with Gasteiger partial charge in [0.25, 0.3) is 5.91 Å². The Bertz CT molecular complexity index is 699. The zero-order valence-electron chi connectivity index (χ0n) is 10.7. The van der Waals surface area contributed by atoms with Crippen LogP contribution in [0.1, 0.15) is 15.9 Å². The van der Waals surface area contributed by atoms with E-state index in [-0.39, 0.29) is 11.4 Å². The molecule has 2 rings (SSSR count). The standard InChI is InChI=1S/C14H11BrFN3O2/c15-9-5-3-6-10(16)12(9)14(20)18-11-7-2-1-4-8(11)13(17)19-21/h1-7,21H,(H2,17,19)(H,18,20). The molecule has 0 heterocycles. The summed E-state index contributed by atoms with van der Waals surface area (Å²) in [6, 6.07) is 10.7. The van der Waals surface area contributed by atoms with Gasteiger partial charge in [-0.05, 0) is 40.2 Å². The highest BCUT2D eigenvalue weighted by molar-refractivity contribution is 9.10. The van der Waals surface area contributed by atoms with Crippen LogP contribution >= 0.6 is 15.9 Å². The van der Waals surface area contributed by atoms with Gasteiger partial charge in [0.15, 0.2) is 5.84 Å². The topological polar surface area (TPSA) is 87.7 Å². The van der Waals surface area contributed by atoms with Crippen LogP contribution in [0.25, 0.3) is 0 Å². The van der Waals surface area contributed by atoms with E-state index in [1.807, 2.05) is 0 Å². The van der Waals surface area contributed by atoms with E-state index in [9.17, 15) is 9.18 Å². The molecule has 4 N–H and O–H groups in total. The van der Waals surface area contributed by atoms with Gasteiger partial charge in [-0.3, -0.25) is 4.79 Å². The Hall–Kier alpha value is -2.41. The number of rotatable bonds is 3. The monoisotopic (exact) mass is 351 g/mol. The molecule has 0 saturated heterocycles. The fraction of sp³-hybridized carbons (Fsp3) is 0. The molecule has 0 aromatic heterocycles. The van der Waals surface area contributed by atoms with Crippen LogP contribution in [0, 0.1) is 5.82 Å². The number of nitrogens with two attached hydrogens (primary N) is 1. The molecule has 21 heavy (non-hydrogen) atoms. The van der Waals surface area contributed by atoms with Gasteiger partial charge in [0.2, 0.25) is 0 Å². The van der Waals surface area contributed by atoms with Gasteiger partial charge in [-0.2, -0.15) is 0 Å². The first-order valence-electron chi connectivity index (χ1n) is 5.87. The van der Waals surface area contributed by atoms with Crippen molar-refractivity contribution >= 4 is 33.4 Å². The molecule has 5 nitrogen and oxygen atoms in total. The molecule has 1 amide bonds. The van der Waals surface area contributed by atoms with Crippen LogP contribution in [0.15, 0.2) is 52.1 Å². The fourth-order valence-electron chi connectivity index (χ4n) is 1.77. The largest absolute Gasteiger partial charge is 0.409 e. The first-order chi connectivity index (χ1) is 10.0. The molecule has 0 aliphatic rings. The molecule has 0 aliphatic carbocycles. The molecule has 0 radical (unpaired) electrons. The minimum Gasteiger partial charge on any atom is -0.409 e. The number of nitrogens with one attached hydrogen (secondary N) is 1. The van der Waals surface area contributed by atoms with E-state index in [2.05, 4.69) is 26.4 Å². The van der Waals surface area contributed by atoms with Crippen LogP contribution in [0.3, 0.4) is 0 Å². The van der Waals surface area contributed by atoms with Gasteiger partial charge >= 0.3 is 0 Å². The summed E-state index contributed by atoms with van der Waals surface area (Å²) in [7, 11) is 0. The summed E-state index contributed by atoms with van der Waals surface area (Å²) in [4.78, 5) is 12.2. The minimum atomic E-state index is -0.650. The molecule has 108 valence electrons. The zero-order valence-corrected chi connectivity index (χ0v) is 12.3. The molecule has 2 aromatic carbocycles. The minimum absolute atomic E-state index is 0.119. The number of amidine groups is 1. The maximum atomic E-state index is 13.7. The number of amides is 1. The molecule has 0 spiro atoms. The average molecular weight is 352 g/mol. The van der Waals surface area contributed by atoms with Crippen molar-refractivity contribution in [2.75, 3.05) is 5.32 Å². The molecular weight excluding hydrogens is 341 g/mol. The van der Waals surface area contributed by atoms with Gasteiger partial charge in [0.05, 0.1) is 11.3 Å². The fourth-order valence-corrected chi connectivity index (χ4v) is 2.29. The van der Waals surface area contributed by atoms with Crippen LogP contribution in [-0.2, 0) is 0 Å². The number of hydrogen-bond acceptors (Lipinski definition) is 3. The van der Waals surface area contributed by atoms with Crippen LogP contribution in [-0.4, -0.2) is 17.0 Å². The molecule has 0 fully saturated rings. The van der Waals surface area contributed by atoms with Gasteiger partial charge < -0.3 is 16.3 Å². The highest BCUT2D eigenvalue weighted by atomic mass is 79.9. The number of nitrogens with zero attached hydrogens (tertiary/aromatic N) is 1. The number of oxime groups is 1. The van der Waals surface area contributed by atoms with Crippen LogP contribution < -0.4 is 11.1 Å². The summed E-state index contributed by atoms with van der Waals surface area (Å²) in [6.45, 7) is 0. The summed E-state index contributed by atoms with van der Waals surface area (Å²) in [5.41, 5.74) is 6.06. The highest BCUT2D eigenvalue weighted by Gasteiger charge is 2.17. The quantitative estimate of drug-likeness (QED) is 0.344. The van der Waals surface area contributed by atoms with Crippen molar-refractivity contribution in [2.45, 2.75) is 0 Å². The van der Waals surface area contributed by atoms with E-state index in [1.54, 1.807) is 30.3 Å². The van der Waals surface area contributed by atoms with Gasteiger partial charge in [0.1, 0.15) is 5.82 Å². The Balaban J connectivity index is 2.37. The molecule has 2 aromatic rings. The van der Waals surface area contributed by atoms with Crippen LogP contribution in [0.5, 0.6) is 0 Å². The molecular formula is C14H11BrFN3O2. The summed E-state index contributed by atoms with van der Waals surface area (Å²) in [5.74, 6) is -1.44. The second-order valence-corrected chi connectivity index (χ2v) is 4.94. The summed E-state index contributed by atoms with van der Waals surface area (Å²) in [5, 5.41) is 14.2. The van der Waals surface area contributed by atoms with Crippen molar-refractivity contribution in [3.63, 3.8) is 0 Å². The van der Waals surface area contributed by atoms with Gasteiger partial charge in [-0.15, -0.1) is 0 Å². The predicted octanol–water partition coefficient (Wildman–Crippen LogP) is 2.94. The Kier molecular flexibility index (Phi) is 4.54. The lowest BCUT2D eigenvalue weighted by atomic mass is 10.1. The third-order valence-corrected chi connectivity index (χ3v) is 3.41. The SMILES string of the molecule is N/C(=N/O)c1ccccc1NC(=O)c1c(F)cccc1Br. The Morgan fingerprint density at radius 1 is 1.24 bits per heavy atom. The summed E-state index contributed by atoms with van der Waals surface area (Å²) in [6.07, 6.45) is 0. The first kappa shape index (κ1) is 15.0. The molecule has 0 aliphatic heterocycles. The number of carbonyl (C=O) groups excluding carboxylic acids is 1. The maximum absolute atomic E-state index is 13.7. The normalized spacial score (nSPS) is 11.2. The van der Waals surface area contributed by atoms with Crippen molar-refractivity contribution < 1.29 is 14.4 Å². The lowest BCUT2D eigenvalue weighted by Crippen LogP contribution is -2.20. The lowest BCUT2D eigenvalue weighted by Gasteiger charge is -2.11. The van der Waals surface area contributed by atoms with Gasteiger partial charge in [-0.1, -0.05) is 23.4 Å². The van der Waals surface area contributed by atoms with E-state index in [4.69, 9.17) is 10.9 Å². The van der Waals surface area contributed by atoms with Crippen molar-refractivity contribution in [3.05, 3.63) is 63.9 Å². The molecule has 0 unspecified atom stereocenters. The first-order valence-corrected chi connectivity index (χ1v) is 6.66. The molecule has 0 saturated carbocycles. The second-order valence-electron chi connectivity index (χ2n) is 4.08. The number of carbonyl (C=O) groups is 1. The van der Waals surface area contributed by atoms with Crippen molar-refractivity contribution in [2.24, 2.45) is 10.9 Å². The number of halogens is 2. The number of hydrogen-bond donors (Lipinski definition) is 3. The maximum Gasteiger partial charge on any atom is 0.259 e. The third kappa shape index (κ3) is 3.19. The van der Waals surface area contributed by atoms with Crippen LogP contribution in [0.2, 0.25) is 0 Å². The average Bonchev–Trinajstić information content (AvgIpc) is 2.47. The predicted molar refractivity (Wildman–Crippen MR) is 81.0 cm³/mol. The van der Waals surface area contributed by atoms with E-state index < -0.39 is 11.7 Å². The van der Waals surface area contributed by atoms with E-state index >= 15 is 0 Å². The van der Waals surface area contributed by atoms with Gasteiger partial charge in [0, 0.05) is 10.0 Å². The summed E-state index contributed by atoms with van der Waals surface area (Å²) >= 11 is 3.13. The van der Waals surface area contributed by atoms with Crippen molar-refractivity contribution in [1.82, 2.24) is 0 Å². The number of para-hydroxylation sites is 1. The zero-order chi connectivity index (χ0) is 15.4. The third-order valence-electron chi connectivity index (χ3n) is 2.75. The van der Waals surface area contributed by atoms with E-state index in [0.29, 0.717) is 15.7 Å². The Labute approximate surface area is 128 Å². The van der Waals surface area contributed by atoms with E-state index in [1.165, 1.54) is 12.1 Å². The smallest absolute Gasteiger partial charge is 0.259 e.